The zero-order valence-electron chi connectivity index (χ0n) is 15.1. The number of carbonyl (C=O) groups is 1. The summed E-state index contributed by atoms with van der Waals surface area (Å²) in [7, 11) is 2.06. The first-order valence-electron chi connectivity index (χ1n) is 9.37. The molecule has 0 spiro atoms. The Morgan fingerprint density at radius 3 is 3.00 bits per heavy atom. The standard InChI is InChI=1S/C20H24N4OS/c1-23-10-4-7-16(23)17-8-5-11-24(17)13-19(25)22-20-15(12-21)14-6-2-3-9-18(14)26-20/h4,7,10,17H,2-3,5-6,8-9,11,13H2,1H3,(H,22,25)/t17-/m1/s1. The average molecular weight is 369 g/mol. The van der Waals surface area contributed by atoms with Gasteiger partial charge in [-0.15, -0.1) is 11.3 Å². The number of nitriles is 1. The third kappa shape index (κ3) is 3.17. The minimum Gasteiger partial charge on any atom is -0.353 e. The predicted molar refractivity (Wildman–Crippen MR) is 103 cm³/mol. The van der Waals surface area contributed by atoms with Crippen LogP contribution in [-0.4, -0.2) is 28.5 Å². The summed E-state index contributed by atoms with van der Waals surface area (Å²) in [5.74, 6) is -0.0128. The fraction of sp³-hybridized carbons (Fsp3) is 0.500. The highest BCUT2D eigenvalue weighted by molar-refractivity contribution is 7.16. The number of aryl methyl sites for hydroxylation is 2. The highest BCUT2D eigenvalue weighted by Crippen LogP contribution is 2.38. The average Bonchev–Trinajstić information content (AvgIpc) is 3.32. The molecule has 1 fully saturated rings. The second-order valence-corrected chi connectivity index (χ2v) is 8.35. The molecule has 0 radical (unpaired) electrons. The number of aromatic nitrogens is 1. The zero-order chi connectivity index (χ0) is 18.1. The summed E-state index contributed by atoms with van der Waals surface area (Å²) in [5.41, 5.74) is 3.12. The summed E-state index contributed by atoms with van der Waals surface area (Å²) >= 11 is 1.60. The molecule has 0 unspecified atom stereocenters. The molecule has 1 amide bonds. The first-order chi connectivity index (χ1) is 12.7. The number of amides is 1. The summed E-state index contributed by atoms with van der Waals surface area (Å²) < 4.78 is 2.14. The topological polar surface area (TPSA) is 61.1 Å². The van der Waals surface area contributed by atoms with Gasteiger partial charge in [0.05, 0.1) is 18.2 Å². The van der Waals surface area contributed by atoms with Gasteiger partial charge in [0.1, 0.15) is 11.1 Å². The van der Waals surface area contributed by atoms with Crippen molar-refractivity contribution in [3.05, 3.63) is 40.0 Å². The van der Waals surface area contributed by atoms with Gasteiger partial charge in [-0.3, -0.25) is 9.69 Å². The van der Waals surface area contributed by atoms with E-state index in [9.17, 15) is 10.1 Å². The molecule has 3 heterocycles. The minimum absolute atomic E-state index is 0.0128. The summed E-state index contributed by atoms with van der Waals surface area (Å²) in [6, 6.07) is 6.82. The molecule has 1 saturated heterocycles. The van der Waals surface area contributed by atoms with Gasteiger partial charge in [-0.05, 0) is 62.8 Å². The number of nitrogens with zero attached hydrogens (tertiary/aromatic N) is 3. The lowest BCUT2D eigenvalue weighted by atomic mass is 9.96. The van der Waals surface area contributed by atoms with Crippen LogP contribution in [0, 0.1) is 11.3 Å². The van der Waals surface area contributed by atoms with E-state index in [2.05, 4.69) is 46.2 Å². The van der Waals surface area contributed by atoms with Crippen LogP contribution in [0.3, 0.4) is 0 Å². The van der Waals surface area contributed by atoms with Crippen LogP contribution in [0.25, 0.3) is 0 Å². The van der Waals surface area contributed by atoms with Crippen molar-refractivity contribution in [3.63, 3.8) is 0 Å². The lowest BCUT2D eigenvalue weighted by molar-refractivity contribution is -0.117. The van der Waals surface area contributed by atoms with Gasteiger partial charge in [0, 0.05) is 23.8 Å². The van der Waals surface area contributed by atoms with E-state index in [4.69, 9.17) is 0 Å². The molecule has 2 aliphatic rings. The van der Waals surface area contributed by atoms with Gasteiger partial charge >= 0.3 is 0 Å². The van der Waals surface area contributed by atoms with Crippen LogP contribution in [0.5, 0.6) is 0 Å². The molecule has 1 aliphatic heterocycles. The fourth-order valence-electron chi connectivity index (χ4n) is 4.29. The van der Waals surface area contributed by atoms with Crippen LogP contribution < -0.4 is 5.32 Å². The van der Waals surface area contributed by atoms with E-state index in [1.165, 1.54) is 22.6 Å². The smallest absolute Gasteiger partial charge is 0.239 e. The van der Waals surface area contributed by atoms with Gasteiger partial charge in [-0.2, -0.15) is 5.26 Å². The van der Waals surface area contributed by atoms with E-state index in [-0.39, 0.29) is 5.91 Å². The Morgan fingerprint density at radius 1 is 1.38 bits per heavy atom. The van der Waals surface area contributed by atoms with Crippen molar-refractivity contribution in [2.45, 2.75) is 44.6 Å². The van der Waals surface area contributed by atoms with Crippen molar-refractivity contribution < 1.29 is 4.79 Å². The van der Waals surface area contributed by atoms with E-state index in [1.807, 2.05) is 0 Å². The largest absolute Gasteiger partial charge is 0.353 e. The second kappa shape index (κ2) is 7.26. The lowest BCUT2D eigenvalue weighted by Gasteiger charge is -2.24. The van der Waals surface area contributed by atoms with Crippen LogP contribution in [-0.2, 0) is 24.7 Å². The molecule has 1 aliphatic carbocycles. The number of likely N-dealkylation sites (tertiary alicyclic amines) is 1. The summed E-state index contributed by atoms with van der Waals surface area (Å²) in [4.78, 5) is 16.2. The number of rotatable bonds is 4. The molecular formula is C20H24N4OS. The van der Waals surface area contributed by atoms with Crippen molar-refractivity contribution in [2.75, 3.05) is 18.4 Å². The van der Waals surface area contributed by atoms with Crippen molar-refractivity contribution in [1.82, 2.24) is 9.47 Å². The number of nitrogens with one attached hydrogen (secondary N) is 1. The SMILES string of the molecule is Cn1cccc1[C@H]1CCCN1CC(=O)Nc1sc2c(c1C#N)CCCC2. The second-order valence-electron chi connectivity index (χ2n) is 7.25. The van der Waals surface area contributed by atoms with Crippen LogP contribution in [0.15, 0.2) is 18.3 Å². The number of hydrogen-bond donors (Lipinski definition) is 1. The first-order valence-corrected chi connectivity index (χ1v) is 10.2. The maximum Gasteiger partial charge on any atom is 0.239 e. The molecule has 5 nitrogen and oxygen atoms in total. The highest BCUT2D eigenvalue weighted by Gasteiger charge is 2.29. The number of hydrogen-bond acceptors (Lipinski definition) is 4. The Morgan fingerprint density at radius 2 is 2.23 bits per heavy atom. The van der Waals surface area contributed by atoms with Crippen LogP contribution >= 0.6 is 11.3 Å². The van der Waals surface area contributed by atoms with Crippen molar-refractivity contribution in [1.29, 1.82) is 5.26 Å². The van der Waals surface area contributed by atoms with Gasteiger partial charge in [0.25, 0.3) is 0 Å². The van der Waals surface area contributed by atoms with Crippen molar-refractivity contribution >= 4 is 22.2 Å². The molecule has 1 atom stereocenters. The van der Waals surface area contributed by atoms with Crippen LogP contribution in [0.4, 0.5) is 5.00 Å². The van der Waals surface area contributed by atoms with Gasteiger partial charge in [0.2, 0.25) is 5.91 Å². The molecular weight excluding hydrogens is 344 g/mol. The van der Waals surface area contributed by atoms with E-state index in [0.29, 0.717) is 18.2 Å². The normalized spacial score (nSPS) is 19.9. The molecule has 4 rings (SSSR count). The summed E-state index contributed by atoms with van der Waals surface area (Å²) in [5, 5.41) is 13.3. The van der Waals surface area contributed by atoms with E-state index in [1.54, 1.807) is 11.3 Å². The number of carbonyl (C=O) groups excluding carboxylic acids is 1. The number of fused-ring (bicyclic) bond motifs is 1. The van der Waals surface area contributed by atoms with E-state index >= 15 is 0 Å². The van der Waals surface area contributed by atoms with Crippen molar-refractivity contribution in [2.24, 2.45) is 7.05 Å². The Balaban J connectivity index is 1.47. The summed E-state index contributed by atoms with van der Waals surface area (Å²) in [6.07, 6.45) is 8.57. The summed E-state index contributed by atoms with van der Waals surface area (Å²) in [6.45, 7) is 1.32. The lowest BCUT2D eigenvalue weighted by Crippen LogP contribution is -2.33. The quantitative estimate of drug-likeness (QED) is 0.897. The van der Waals surface area contributed by atoms with Gasteiger partial charge in [0.15, 0.2) is 0 Å². The van der Waals surface area contributed by atoms with Gasteiger partial charge in [-0.1, -0.05) is 0 Å². The monoisotopic (exact) mass is 368 g/mol. The molecule has 0 aromatic carbocycles. The Hall–Kier alpha value is -2.10. The maximum absolute atomic E-state index is 12.7. The highest BCUT2D eigenvalue weighted by atomic mass is 32.1. The molecule has 1 N–H and O–H groups in total. The molecule has 2 aromatic heterocycles. The Kier molecular flexibility index (Phi) is 4.84. The molecule has 136 valence electrons. The molecule has 0 bridgehead atoms. The molecule has 6 heteroatoms. The van der Waals surface area contributed by atoms with Gasteiger partial charge in [-0.25, -0.2) is 0 Å². The number of anilines is 1. The minimum atomic E-state index is -0.0128. The zero-order valence-corrected chi connectivity index (χ0v) is 15.9. The third-order valence-corrected chi connectivity index (χ3v) is 6.78. The Labute approximate surface area is 158 Å². The van der Waals surface area contributed by atoms with Gasteiger partial charge < -0.3 is 9.88 Å². The third-order valence-electron chi connectivity index (χ3n) is 5.57. The molecule has 2 aromatic rings. The van der Waals surface area contributed by atoms with Crippen LogP contribution in [0.2, 0.25) is 0 Å². The van der Waals surface area contributed by atoms with E-state index in [0.717, 1.165) is 43.6 Å². The van der Waals surface area contributed by atoms with Crippen molar-refractivity contribution in [3.8, 4) is 6.07 Å². The predicted octanol–water partition coefficient (Wildman–Crippen LogP) is 3.61. The fourth-order valence-corrected chi connectivity index (χ4v) is 5.55. The molecule has 0 saturated carbocycles. The maximum atomic E-state index is 12.7. The van der Waals surface area contributed by atoms with E-state index < -0.39 is 0 Å². The number of thiophene rings is 1. The first kappa shape index (κ1) is 17.3. The molecule has 26 heavy (non-hydrogen) atoms. The van der Waals surface area contributed by atoms with Crippen LogP contribution in [0.1, 0.15) is 53.4 Å². The Bertz CT molecular complexity index is 860.